The van der Waals surface area contributed by atoms with Gasteiger partial charge in [0.15, 0.2) is 11.5 Å². The first-order chi connectivity index (χ1) is 13.5. The van der Waals surface area contributed by atoms with E-state index in [2.05, 4.69) is 4.90 Å². The number of likely N-dealkylation sites (tertiary alicyclic amines) is 1. The van der Waals surface area contributed by atoms with Gasteiger partial charge in [0, 0.05) is 20.9 Å². The van der Waals surface area contributed by atoms with Crippen molar-refractivity contribution in [2.24, 2.45) is 5.92 Å². The molecule has 5 heteroatoms. The van der Waals surface area contributed by atoms with Crippen molar-refractivity contribution < 1.29 is 25.5 Å². The molecule has 6 rings (SSSR count). The molecule has 1 aromatic carbocycles. The average molecular weight is 347 g/mol. The molecule has 134 valence electrons. The van der Waals surface area contributed by atoms with Crippen molar-refractivity contribution in [1.82, 2.24) is 4.90 Å². The molecule has 3 aliphatic carbocycles. The zero-order valence-electron chi connectivity index (χ0n) is 18.0. The second-order valence-electron chi connectivity index (χ2n) is 8.32. The van der Waals surface area contributed by atoms with Gasteiger partial charge in [0.1, 0.15) is 6.08 Å². The molecular formula is C20H25NO4. The van der Waals surface area contributed by atoms with E-state index in [1.54, 1.807) is 6.07 Å². The van der Waals surface area contributed by atoms with E-state index in [1.165, 1.54) is 6.07 Å². The highest BCUT2D eigenvalue weighted by Gasteiger charge is 2.72. The smallest absolute Gasteiger partial charge is 0.165 e. The molecule has 5 aliphatic rings. The number of rotatable bonds is 2. The van der Waals surface area contributed by atoms with Crippen molar-refractivity contribution >= 4 is 0 Å². The van der Waals surface area contributed by atoms with E-state index in [0.29, 0.717) is 24.4 Å². The first kappa shape index (κ1) is 11.4. The van der Waals surface area contributed by atoms with Gasteiger partial charge < -0.3 is 20.1 Å². The Hall–Kier alpha value is -1.30. The van der Waals surface area contributed by atoms with Crippen molar-refractivity contribution in [2.45, 2.75) is 67.7 Å². The molecule has 5 atom stereocenters. The van der Waals surface area contributed by atoms with Gasteiger partial charge >= 0.3 is 0 Å². The van der Waals surface area contributed by atoms with Crippen LogP contribution in [0.15, 0.2) is 12.1 Å². The maximum atomic E-state index is 12.2. The molecule has 1 aromatic rings. The van der Waals surface area contributed by atoms with Crippen molar-refractivity contribution in [1.29, 1.82) is 0 Å². The van der Waals surface area contributed by atoms with Crippen molar-refractivity contribution in [3.8, 4) is 11.5 Å². The zero-order valence-corrected chi connectivity index (χ0v) is 14.0. The molecule has 2 saturated carbocycles. The summed E-state index contributed by atoms with van der Waals surface area (Å²) < 4.78 is 40.4. The van der Waals surface area contributed by atoms with E-state index >= 15 is 0 Å². The monoisotopic (exact) mass is 347 g/mol. The molecule has 3 fully saturated rings. The number of nitrogens with zero attached hydrogens (tertiary/aromatic N) is 1. The minimum atomic E-state index is -2.92. The fourth-order valence-corrected chi connectivity index (χ4v) is 5.75. The van der Waals surface area contributed by atoms with E-state index in [1.807, 2.05) is 0 Å². The summed E-state index contributed by atoms with van der Waals surface area (Å²) in [6, 6.07) is 2.82. The molecule has 2 aliphatic heterocycles. The Kier molecular flexibility index (Phi) is 2.06. The standard InChI is InChI=1S/C20H25NO4/c22-13-4-3-12-9-15-20(24)6-5-14(23)18-19(20,16(12)17(13)25-18)7-8-21(15)10-11-1-2-11/h3-4,11,14-15,18,22-24H,1-2,5-10H2/t14-,15+,18-,19-,20+/m0/s1/i5D2,14D,18D. The first-order valence-electron chi connectivity index (χ1n) is 11.2. The number of aromatic hydroxyl groups is 1. The third-order valence-electron chi connectivity index (χ3n) is 7.09. The Morgan fingerprint density at radius 2 is 2.20 bits per heavy atom. The van der Waals surface area contributed by atoms with Crippen molar-refractivity contribution in [2.75, 3.05) is 13.1 Å². The fourth-order valence-electron chi connectivity index (χ4n) is 5.75. The van der Waals surface area contributed by atoms with Gasteiger partial charge in [-0.2, -0.15) is 0 Å². The highest BCUT2D eigenvalue weighted by atomic mass is 16.5. The second kappa shape index (κ2) is 4.51. The Bertz CT molecular complexity index is 937. The summed E-state index contributed by atoms with van der Waals surface area (Å²) in [6.45, 7) is 1.39. The second-order valence-corrected chi connectivity index (χ2v) is 8.32. The number of piperidine rings is 1. The van der Waals surface area contributed by atoms with Crippen LogP contribution in [0.5, 0.6) is 11.5 Å². The van der Waals surface area contributed by atoms with Gasteiger partial charge in [-0.15, -0.1) is 0 Å². The number of hydrogen-bond donors (Lipinski definition) is 3. The van der Waals surface area contributed by atoms with Crippen LogP contribution in [0, 0.1) is 5.92 Å². The molecule has 1 saturated heterocycles. The van der Waals surface area contributed by atoms with Gasteiger partial charge in [0.05, 0.1) is 19.8 Å². The number of hydrogen-bond acceptors (Lipinski definition) is 5. The van der Waals surface area contributed by atoms with E-state index in [0.717, 1.165) is 24.9 Å². The van der Waals surface area contributed by atoms with E-state index in [-0.39, 0.29) is 17.9 Å². The molecule has 0 radical (unpaired) electrons. The number of phenolic OH excluding ortho intramolecular Hbond substituents is 1. The number of ether oxygens (including phenoxy) is 1. The molecule has 3 N–H and O–H groups in total. The molecule has 2 bridgehead atoms. The average Bonchev–Trinajstić information content (AvgIpc) is 3.37. The van der Waals surface area contributed by atoms with Crippen molar-refractivity contribution in [3.05, 3.63) is 23.3 Å². The molecule has 2 heterocycles. The number of phenols is 1. The fraction of sp³-hybridized carbons (Fsp3) is 0.700. The highest BCUT2D eigenvalue weighted by molar-refractivity contribution is 5.62. The van der Waals surface area contributed by atoms with E-state index in [4.69, 9.17) is 10.2 Å². The molecular weight excluding hydrogens is 318 g/mol. The maximum absolute atomic E-state index is 12.2. The lowest BCUT2D eigenvalue weighted by atomic mass is 9.48. The van der Waals surface area contributed by atoms with Gasteiger partial charge in [-0.3, -0.25) is 4.90 Å². The van der Waals surface area contributed by atoms with Crippen molar-refractivity contribution in [3.63, 3.8) is 0 Å². The van der Waals surface area contributed by atoms with Crippen LogP contribution in [-0.4, -0.2) is 57.1 Å². The molecule has 0 unspecified atom stereocenters. The summed E-state index contributed by atoms with van der Waals surface area (Å²) in [4.78, 5) is 2.21. The lowest BCUT2D eigenvalue weighted by Gasteiger charge is -2.63. The topological polar surface area (TPSA) is 73.2 Å². The van der Waals surface area contributed by atoms with Crippen LogP contribution in [0.1, 0.15) is 48.7 Å². The zero-order chi connectivity index (χ0) is 20.6. The third kappa shape index (κ3) is 1.61. The molecule has 0 aromatic heterocycles. The first-order valence-corrected chi connectivity index (χ1v) is 9.22. The highest BCUT2D eigenvalue weighted by Crippen LogP contribution is 2.65. The minimum absolute atomic E-state index is 0.00777. The SMILES string of the molecule is [2H]C1([2H])C[C@@]2(O)[C@H]3Cc4ccc(O)c5c4[C@@]2(CCN3CC2CC2)[C@@]([2H])(O5)[C@@]1([2H])O. The maximum Gasteiger partial charge on any atom is 0.165 e. The van der Waals surface area contributed by atoms with Crippen LogP contribution in [0.3, 0.4) is 0 Å². The van der Waals surface area contributed by atoms with Crippen LogP contribution in [0.2, 0.25) is 0 Å². The molecule has 0 amide bonds. The Balaban J connectivity index is 1.65. The van der Waals surface area contributed by atoms with Gasteiger partial charge in [0.25, 0.3) is 0 Å². The Morgan fingerprint density at radius 1 is 1.36 bits per heavy atom. The molecule has 1 spiro atoms. The summed E-state index contributed by atoms with van der Waals surface area (Å²) in [5.74, 6) is 0.378. The third-order valence-corrected chi connectivity index (χ3v) is 7.09. The Labute approximate surface area is 152 Å². The van der Waals surface area contributed by atoms with Crippen LogP contribution in [0.4, 0.5) is 0 Å². The lowest BCUT2D eigenvalue weighted by Crippen LogP contribution is -2.77. The predicted octanol–water partition coefficient (Wildman–Crippen LogP) is 1.32. The van der Waals surface area contributed by atoms with Gasteiger partial charge in [-0.05, 0) is 62.6 Å². The molecule has 25 heavy (non-hydrogen) atoms. The van der Waals surface area contributed by atoms with E-state index < -0.39 is 42.0 Å². The van der Waals surface area contributed by atoms with Crippen LogP contribution in [-0.2, 0) is 11.8 Å². The summed E-state index contributed by atoms with van der Waals surface area (Å²) in [6.07, 6.45) is -5.39. The Morgan fingerprint density at radius 3 is 3.00 bits per heavy atom. The molecule has 5 nitrogen and oxygen atoms in total. The quantitative estimate of drug-likeness (QED) is 0.752. The normalized spacial score (nSPS) is 54.6. The number of aliphatic hydroxyl groups is 2. The lowest BCUT2D eigenvalue weighted by molar-refractivity contribution is -0.208. The van der Waals surface area contributed by atoms with E-state index in [9.17, 15) is 15.3 Å². The van der Waals surface area contributed by atoms with Crippen LogP contribution in [0.25, 0.3) is 0 Å². The summed E-state index contributed by atoms with van der Waals surface area (Å²) >= 11 is 0. The minimum Gasteiger partial charge on any atom is -0.504 e. The summed E-state index contributed by atoms with van der Waals surface area (Å²) in [7, 11) is 0. The summed E-state index contributed by atoms with van der Waals surface area (Å²) in [5.41, 5.74) is -1.85. The predicted molar refractivity (Wildman–Crippen MR) is 90.8 cm³/mol. The van der Waals surface area contributed by atoms with Gasteiger partial charge in [-0.25, -0.2) is 0 Å². The van der Waals surface area contributed by atoms with Gasteiger partial charge in [-0.1, -0.05) is 6.07 Å². The van der Waals surface area contributed by atoms with Crippen LogP contribution >= 0.6 is 0 Å². The van der Waals surface area contributed by atoms with Crippen LogP contribution < -0.4 is 4.74 Å². The summed E-state index contributed by atoms with van der Waals surface area (Å²) in [5, 5.41) is 33.7. The van der Waals surface area contributed by atoms with Gasteiger partial charge in [0.2, 0.25) is 0 Å². The largest absolute Gasteiger partial charge is 0.504 e. The number of benzene rings is 1.